The average Bonchev–Trinajstić information content (AvgIpc) is 2.98. The Labute approximate surface area is 139 Å². The van der Waals surface area contributed by atoms with Crippen molar-refractivity contribution < 1.29 is 9.66 Å². The maximum Gasteiger partial charge on any atom is 0.274 e. The molecule has 6 nitrogen and oxygen atoms in total. The zero-order chi connectivity index (χ0) is 15.0. The highest BCUT2D eigenvalue weighted by atomic mass is 79.9. The molecule has 21 heavy (non-hydrogen) atoms. The molecule has 0 spiro atoms. The summed E-state index contributed by atoms with van der Waals surface area (Å²) in [7, 11) is 0. The summed E-state index contributed by atoms with van der Waals surface area (Å²) >= 11 is 8.14. The van der Waals surface area contributed by atoms with Gasteiger partial charge in [0.1, 0.15) is 5.75 Å². The van der Waals surface area contributed by atoms with Crippen LogP contribution in [-0.4, -0.2) is 14.3 Å². The lowest BCUT2D eigenvalue weighted by Gasteiger charge is -2.05. The fourth-order valence-electron chi connectivity index (χ4n) is 1.84. The summed E-state index contributed by atoms with van der Waals surface area (Å²) in [6.07, 6.45) is 1.90. The number of hydrogen-bond donors (Lipinski definition) is 0. The van der Waals surface area contributed by atoms with Gasteiger partial charge in [-0.2, -0.15) is 4.98 Å². The maximum absolute atomic E-state index is 10.9. The van der Waals surface area contributed by atoms with Crippen LogP contribution in [0.3, 0.4) is 0 Å². The van der Waals surface area contributed by atoms with E-state index in [4.69, 9.17) is 4.74 Å². The first-order chi connectivity index (χ1) is 10.1. The summed E-state index contributed by atoms with van der Waals surface area (Å²) < 4.78 is 8.22. The number of fused-ring (bicyclic) bond motifs is 1. The Morgan fingerprint density at radius 2 is 2.24 bits per heavy atom. The van der Waals surface area contributed by atoms with E-state index in [1.165, 1.54) is 23.5 Å². The van der Waals surface area contributed by atoms with E-state index in [9.17, 15) is 10.1 Å². The molecule has 0 bridgehead atoms. The quantitative estimate of drug-likeness (QED) is 0.338. The molecular formula is C12H7Br2N3O3S. The summed E-state index contributed by atoms with van der Waals surface area (Å²) in [6, 6.07) is 4.46. The van der Waals surface area contributed by atoms with Gasteiger partial charge in [-0.3, -0.25) is 14.5 Å². The molecule has 3 rings (SSSR count). The van der Waals surface area contributed by atoms with Gasteiger partial charge in [0.2, 0.25) is 5.88 Å². The van der Waals surface area contributed by atoms with E-state index in [-0.39, 0.29) is 5.69 Å². The van der Waals surface area contributed by atoms with Crippen LogP contribution in [0.4, 0.5) is 5.69 Å². The van der Waals surface area contributed by atoms with Crippen LogP contribution in [0.5, 0.6) is 11.6 Å². The molecular weight excluding hydrogens is 426 g/mol. The number of alkyl halides is 1. The van der Waals surface area contributed by atoms with Crippen molar-refractivity contribution in [2.75, 3.05) is 0 Å². The largest absolute Gasteiger partial charge is 0.437 e. The van der Waals surface area contributed by atoms with Crippen molar-refractivity contribution in [3.05, 3.63) is 50.1 Å². The lowest BCUT2D eigenvalue weighted by atomic mass is 10.3. The predicted octanol–water partition coefficient (Wildman–Crippen LogP) is 4.75. The van der Waals surface area contributed by atoms with Crippen molar-refractivity contribution in [1.82, 2.24) is 9.38 Å². The second kappa shape index (κ2) is 5.74. The zero-order valence-electron chi connectivity index (χ0n) is 10.3. The van der Waals surface area contributed by atoms with Crippen molar-refractivity contribution in [3.8, 4) is 11.6 Å². The molecule has 0 radical (unpaired) electrons. The van der Waals surface area contributed by atoms with Gasteiger partial charge >= 0.3 is 0 Å². The van der Waals surface area contributed by atoms with E-state index in [0.717, 1.165) is 10.7 Å². The van der Waals surface area contributed by atoms with Gasteiger partial charge in [-0.25, -0.2) is 0 Å². The zero-order valence-corrected chi connectivity index (χ0v) is 14.3. The molecule has 2 aromatic heterocycles. The Kier molecular flexibility index (Phi) is 3.96. The SMILES string of the molecule is O=[N+]([O-])c1cc(Br)cc(Oc2nc3sccn3c2CBr)c1. The van der Waals surface area contributed by atoms with E-state index in [0.29, 0.717) is 21.4 Å². The molecule has 2 heterocycles. The van der Waals surface area contributed by atoms with Gasteiger partial charge in [0.05, 0.1) is 16.7 Å². The summed E-state index contributed by atoms with van der Waals surface area (Å²) in [5, 5.41) is 13.4. The summed E-state index contributed by atoms with van der Waals surface area (Å²) in [6.45, 7) is 0. The molecule has 1 aromatic carbocycles. The number of hydrogen-bond acceptors (Lipinski definition) is 5. The fraction of sp³-hybridized carbons (Fsp3) is 0.0833. The van der Waals surface area contributed by atoms with E-state index < -0.39 is 4.92 Å². The van der Waals surface area contributed by atoms with E-state index in [1.807, 2.05) is 16.0 Å². The Morgan fingerprint density at radius 3 is 2.95 bits per heavy atom. The van der Waals surface area contributed by atoms with E-state index >= 15 is 0 Å². The first-order valence-electron chi connectivity index (χ1n) is 5.71. The molecule has 0 amide bonds. The third-order valence-corrected chi connectivity index (χ3v) is 4.48. The number of halogens is 2. The van der Waals surface area contributed by atoms with Gasteiger partial charge in [-0.15, -0.1) is 11.3 Å². The summed E-state index contributed by atoms with van der Waals surface area (Å²) in [5.41, 5.74) is 0.815. The minimum Gasteiger partial charge on any atom is -0.437 e. The minimum atomic E-state index is -0.464. The molecule has 0 unspecified atom stereocenters. The number of rotatable bonds is 4. The molecule has 0 aliphatic heterocycles. The van der Waals surface area contributed by atoms with Crippen molar-refractivity contribution >= 4 is 53.8 Å². The van der Waals surface area contributed by atoms with E-state index in [2.05, 4.69) is 36.8 Å². The number of nitro groups is 1. The average molecular weight is 433 g/mol. The van der Waals surface area contributed by atoms with Crippen LogP contribution >= 0.6 is 43.2 Å². The van der Waals surface area contributed by atoms with Crippen molar-refractivity contribution in [2.24, 2.45) is 0 Å². The lowest BCUT2D eigenvalue weighted by molar-refractivity contribution is -0.385. The van der Waals surface area contributed by atoms with Gasteiger partial charge in [-0.05, 0) is 6.07 Å². The summed E-state index contributed by atoms with van der Waals surface area (Å²) in [4.78, 5) is 15.6. The summed E-state index contributed by atoms with van der Waals surface area (Å²) in [5.74, 6) is 0.801. The standard InChI is InChI=1S/C12H7Br2N3O3S/c13-6-10-11(15-12-16(10)1-2-21-12)20-9-4-7(14)3-8(5-9)17(18)19/h1-5H,6H2. The number of ether oxygens (including phenoxy) is 1. The molecule has 0 aliphatic rings. The second-order valence-corrected chi connectivity index (χ2v) is 6.41. The molecule has 3 aromatic rings. The smallest absolute Gasteiger partial charge is 0.274 e. The number of nitro benzene ring substituents is 1. The van der Waals surface area contributed by atoms with Gasteiger partial charge in [0.25, 0.3) is 5.69 Å². The lowest BCUT2D eigenvalue weighted by Crippen LogP contribution is -1.93. The Bertz CT molecular complexity index is 830. The predicted molar refractivity (Wildman–Crippen MR) is 86.6 cm³/mol. The van der Waals surface area contributed by atoms with Crippen molar-refractivity contribution in [1.29, 1.82) is 0 Å². The second-order valence-electron chi connectivity index (χ2n) is 4.06. The van der Waals surface area contributed by atoms with Gasteiger partial charge in [0.15, 0.2) is 4.96 Å². The Morgan fingerprint density at radius 1 is 1.43 bits per heavy atom. The highest BCUT2D eigenvalue weighted by Gasteiger charge is 2.16. The van der Waals surface area contributed by atoms with Crippen LogP contribution in [0, 0.1) is 10.1 Å². The third kappa shape index (κ3) is 2.81. The van der Waals surface area contributed by atoms with Gasteiger partial charge in [0, 0.05) is 27.4 Å². The normalized spacial score (nSPS) is 11.0. The van der Waals surface area contributed by atoms with Crippen molar-refractivity contribution in [2.45, 2.75) is 5.33 Å². The fourth-order valence-corrected chi connectivity index (χ4v) is 3.53. The number of benzene rings is 1. The molecule has 0 aliphatic carbocycles. The van der Waals surface area contributed by atoms with Crippen LogP contribution in [-0.2, 0) is 5.33 Å². The Balaban J connectivity index is 2.02. The van der Waals surface area contributed by atoms with Gasteiger partial charge in [-0.1, -0.05) is 31.9 Å². The van der Waals surface area contributed by atoms with Crippen LogP contribution in [0.1, 0.15) is 5.69 Å². The van der Waals surface area contributed by atoms with Crippen molar-refractivity contribution in [3.63, 3.8) is 0 Å². The van der Waals surface area contributed by atoms with E-state index in [1.54, 1.807) is 6.07 Å². The maximum atomic E-state index is 10.9. The third-order valence-electron chi connectivity index (χ3n) is 2.73. The topological polar surface area (TPSA) is 69.7 Å². The minimum absolute atomic E-state index is 0.0409. The number of non-ortho nitro benzene ring substituents is 1. The number of aromatic nitrogens is 2. The van der Waals surface area contributed by atoms with Crippen LogP contribution in [0.25, 0.3) is 4.96 Å². The molecule has 0 saturated carbocycles. The number of nitrogens with zero attached hydrogens (tertiary/aromatic N) is 3. The first-order valence-corrected chi connectivity index (χ1v) is 8.51. The highest BCUT2D eigenvalue weighted by Crippen LogP contribution is 2.33. The number of imidazole rings is 1. The first kappa shape index (κ1) is 14.5. The molecule has 108 valence electrons. The van der Waals surface area contributed by atoms with Gasteiger partial charge < -0.3 is 4.74 Å². The molecule has 0 atom stereocenters. The van der Waals surface area contributed by atoms with Crippen LogP contribution in [0.2, 0.25) is 0 Å². The monoisotopic (exact) mass is 431 g/mol. The Hall–Kier alpha value is -1.45. The number of thiazole rings is 1. The molecule has 0 fully saturated rings. The molecule has 0 N–H and O–H groups in total. The molecule has 9 heteroatoms. The van der Waals surface area contributed by atoms with Crippen LogP contribution < -0.4 is 4.74 Å². The molecule has 0 saturated heterocycles. The highest BCUT2D eigenvalue weighted by molar-refractivity contribution is 9.10. The van der Waals surface area contributed by atoms with Crippen LogP contribution in [0.15, 0.2) is 34.2 Å².